The van der Waals surface area contributed by atoms with E-state index in [1.807, 2.05) is 6.92 Å². The third-order valence-corrected chi connectivity index (χ3v) is 25.5. The highest BCUT2D eigenvalue weighted by Crippen LogP contribution is 2.28. The number of H-pyrrole nitrogens is 3. The summed E-state index contributed by atoms with van der Waals surface area (Å²) >= 11 is 0.717. The molecule has 0 unspecified atom stereocenters. The molecule has 22 N–H and O–H groups in total. The molecule has 3 aliphatic heterocycles. The van der Waals surface area contributed by atoms with Crippen LogP contribution in [0.25, 0.3) is 21.8 Å². The Hall–Kier alpha value is -14.1. The van der Waals surface area contributed by atoms with E-state index in [1.165, 1.54) is 47.7 Å². The number of ether oxygens (including phenoxy) is 1. The van der Waals surface area contributed by atoms with Gasteiger partial charge in [0.05, 0.1) is 38.3 Å². The van der Waals surface area contributed by atoms with Gasteiger partial charge in [-0.25, -0.2) is 4.98 Å². The van der Waals surface area contributed by atoms with Crippen LogP contribution in [-0.4, -0.2) is 329 Å². The summed E-state index contributed by atoms with van der Waals surface area (Å²) < 4.78 is 5.33. The van der Waals surface area contributed by atoms with E-state index < -0.39 is 273 Å². The molecule has 0 radical (unpaired) electrons. The predicted octanol–water partition coefficient (Wildman–Crippen LogP) is -2.85. The number of aliphatic hydroxyl groups is 1. The first-order valence-corrected chi connectivity index (χ1v) is 46.6. The maximum absolute atomic E-state index is 15.8. The molecule has 45 nitrogen and oxygen atoms in total. The van der Waals surface area contributed by atoms with Crippen molar-refractivity contribution in [3.05, 3.63) is 120 Å². The van der Waals surface area contributed by atoms with Crippen molar-refractivity contribution in [3.63, 3.8) is 0 Å². The lowest BCUT2D eigenvalue weighted by Gasteiger charge is -2.36. The highest BCUT2D eigenvalue weighted by Gasteiger charge is 2.47. The van der Waals surface area contributed by atoms with Crippen LogP contribution < -0.4 is 75.1 Å². The quantitative estimate of drug-likeness (QED) is 0.0235. The first-order valence-electron chi connectivity index (χ1n) is 45.4. The number of thioether (sulfide) groups is 1. The van der Waals surface area contributed by atoms with Gasteiger partial charge in [-0.05, 0) is 99.4 Å². The third kappa shape index (κ3) is 29.7. The SMILES string of the molecule is CCCC[C@H]1C(=O)N(C)[C@@H](CCCC)C(=O)N[C@@H](CCC(=O)O)C(=O)N[C@H](C(=O)NCC(N)=O)CSCC(=O)N[C@@H](Cc2ccc(OC)cc2)C(=O)N(C)[C@@H](C)C(=O)N[C@H](CC(N)=O)C(=O)N2CCC[C@H]2C(=O)N[C@@H](Cc2cnc[nH]2)C(=O)N[C@@H](CCC(=O)O)C(=O)N2C[C@H](O)C[C@H]2C(=O)N[C@@H](Cc2c[nH]c3ccccc23)C(=O)N[C@@H](CCN)C(=O)N[C@@H](Cc2c[nH]c3ccccc23)C(=O)N1C. The number of methoxy groups -OCH3 is 1. The van der Waals surface area contributed by atoms with Gasteiger partial charge in [-0.15, -0.1) is 11.8 Å². The van der Waals surface area contributed by atoms with Crippen molar-refractivity contribution in [2.75, 3.05) is 65.9 Å². The first kappa shape index (κ1) is 107. The number of nitrogens with zero attached hydrogens (tertiary/aromatic N) is 6. The van der Waals surface area contributed by atoms with Crippen LogP contribution in [0.5, 0.6) is 5.75 Å². The number of aliphatic carboxylic acids is 2. The Balaban J connectivity index is 1.11. The van der Waals surface area contributed by atoms with E-state index in [1.54, 1.807) is 92.1 Å². The van der Waals surface area contributed by atoms with Gasteiger partial charge in [-0.1, -0.05) is 88.1 Å². The monoisotopic (exact) mass is 1920 g/mol. The molecule has 3 aromatic heterocycles. The number of aromatic nitrogens is 4. The number of carboxylic acid groups (broad SMARTS) is 2. The van der Waals surface area contributed by atoms with Crippen LogP contribution in [0.15, 0.2) is 97.7 Å². The Morgan fingerprint density at radius 2 is 1.04 bits per heavy atom. The second-order valence-electron chi connectivity index (χ2n) is 34.3. The Labute approximate surface area is 793 Å². The minimum absolute atomic E-state index is 0.0383. The van der Waals surface area contributed by atoms with Crippen LogP contribution in [-0.2, 0) is 117 Å². The Kier molecular flexibility index (Phi) is 39.7. The van der Waals surface area contributed by atoms with Crippen LogP contribution in [0.4, 0.5) is 0 Å². The largest absolute Gasteiger partial charge is 0.497 e. The van der Waals surface area contributed by atoms with E-state index in [2.05, 4.69) is 73.1 Å². The summed E-state index contributed by atoms with van der Waals surface area (Å²) in [4.78, 5) is 294. The first-order chi connectivity index (χ1) is 65.3. The number of amides is 17. The molecule has 0 bridgehead atoms. The van der Waals surface area contributed by atoms with Gasteiger partial charge in [-0.3, -0.25) is 91.1 Å². The van der Waals surface area contributed by atoms with Gasteiger partial charge in [0.2, 0.25) is 100 Å². The average Bonchev–Trinajstić information content (AvgIpc) is 1.71. The summed E-state index contributed by atoms with van der Waals surface area (Å²) in [6.45, 7) is 3.07. The number of aliphatic hydroxyl groups excluding tert-OH is 1. The summed E-state index contributed by atoms with van der Waals surface area (Å²) in [5.74, 6) is -20.6. The number of carboxylic acids is 2. The van der Waals surface area contributed by atoms with Crippen molar-refractivity contribution in [2.45, 2.75) is 233 Å². The lowest BCUT2D eigenvalue weighted by atomic mass is 9.99. The van der Waals surface area contributed by atoms with E-state index in [0.717, 1.165) is 36.3 Å². The fraction of sp³-hybridized carbons (Fsp3) is 0.516. The van der Waals surface area contributed by atoms with E-state index in [9.17, 15) is 68.1 Å². The molecular weight excluding hydrogens is 1800 g/mol. The molecule has 742 valence electrons. The molecule has 137 heavy (non-hydrogen) atoms. The Morgan fingerprint density at radius 3 is 1.62 bits per heavy atom. The molecule has 15 atom stereocenters. The lowest BCUT2D eigenvalue weighted by molar-refractivity contribution is -0.149. The van der Waals surface area contributed by atoms with Crippen LogP contribution >= 0.6 is 11.8 Å². The lowest BCUT2D eigenvalue weighted by Crippen LogP contribution is -2.61. The van der Waals surface area contributed by atoms with Crippen molar-refractivity contribution in [1.29, 1.82) is 0 Å². The molecule has 3 saturated heterocycles. The van der Waals surface area contributed by atoms with Gasteiger partial charge in [-0.2, -0.15) is 0 Å². The van der Waals surface area contributed by atoms with Crippen molar-refractivity contribution in [3.8, 4) is 5.75 Å². The van der Waals surface area contributed by atoms with Gasteiger partial charge in [0, 0.05) is 131 Å². The number of hydrogen-bond donors (Lipinski definition) is 19. The van der Waals surface area contributed by atoms with Crippen molar-refractivity contribution < 1.29 is 111 Å². The van der Waals surface area contributed by atoms with E-state index in [4.69, 9.17) is 21.9 Å². The number of rotatable bonds is 28. The zero-order valence-electron chi connectivity index (χ0n) is 77.4. The molecule has 0 aliphatic carbocycles. The molecular formula is C91H124N22O23S. The predicted molar refractivity (Wildman–Crippen MR) is 496 cm³/mol. The van der Waals surface area contributed by atoms with Gasteiger partial charge < -0.3 is 130 Å². The fourth-order valence-electron chi connectivity index (χ4n) is 16.7. The van der Waals surface area contributed by atoms with Crippen LogP contribution in [0.3, 0.4) is 0 Å². The maximum atomic E-state index is 15.8. The summed E-state index contributed by atoms with van der Waals surface area (Å²) in [6, 6.07) is -2.51. The fourth-order valence-corrected chi connectivity index (χ4v) is 17.6. The number of primary amides is 2. The summed E-state index contributed by atoms with van der Waals surface area (Å²) in [5, 5.41) is 58.8. The zero-order valence-corrected chi connectivity index (χ0v) is 78.2. The van der Waals surface area contributed by atoms with Crippen LogP contribution in [0.1, 0.15) is 139 Å². The molecule has 0 spiro atoms. The highest BCUT2D eigenvalue weighted by atomic mass is 32.2. The van der Waals surface area contributed by atoms with Gasteiger partial charge in [0.1, 0.15) is 90.3 Å². The normalized spacial score (nSPS) is 24.5. The van der Waals surface area contributed by atoms with Crippen molar-refractivity contribution in [2.24, 2.45) is 17.2 Å². The van der Waals surface area contributed by atoms with Crippen LogP contribution in [0, 0.1) is 0 Å². The number of fused-ring (bicyclic) bond motifs is 4. The molecule has 9 rings (SSSR count). The smallest absolute Gasteiger partial charge is 0.303 e. The number of likely N-dealkylation sites (N-methyl/N-ethyl adjacent to an activating group) is 3. The number of hydrogen-bond acceptors (Lipinski definition) is 24. The summed E-state index contributed by atoms with van der Waals surface area (Å²) in [7, 11) is 5.24. The van der Waals surface area contributed by atoms with E-state index >= 15 is 38.4 Å². The van der Waals surface area contributed by atoms with Gasteiger partial charge in [0.25, 0.3) is 0 Å². The number of carbonyl (C=O) groups excluding carboxylic acids is 17. The molecule has 46 heteroatoms. The number of carbonyl (C=O) groups is 19. The number of nitrogens with one attached hydrogen (secondary N) is 13. The Bertz CT molecular complexity index is 5320. The maximum Gasteiger partial charge on any atom is 0.303 e. The van der Waals surface area contributed by atoms with Gasteiger partial charge >= 0.3 is 11.9 Å². The number of aromatic amines is 3. The minimum Gasteiger partial charge on any atom is -0.497 e. The molecule has 3 fully saturated rings. The average molecular weight is 1930 g/mol. The highest BCUT2D eigenvalue weighted by molar-refractivity contribution is 8.00. The summed E-state index contributed by atoms with van der Waals surface area (Å²) in [6.07, 6.45) is 0.00112. The second-order valence-corrected chi connectivity index (χ2v) is 35.3. The van der Waals surface area contributed by atoms with E-state index in [0.29, 0.717) is 63.5 Å². The topological polar surface area (TPSA) is 669 Å². The number of nitrogens with two attached hydrogens (primary N) is 3. The number of benzene rings is 3. The molecule has 6 aromatic rings. The van der Waals surface area contributed by atoms with E-state index in [-0.39, 0.29) is 76.6 Å². The molecule has 3 aromatic carbocycles. The number of unbranched alkanes of at least 4 members (excludes halogenated alkanes) is 2. The molecule has 17 amide bonds. The van der Waals surface area contributed by atoms with Gasteiger partial charge in [0.15, 0.2) is 0 Å². The standard InChI is InChI=1S/C91H124N22O23S/c1-8-10-21-69-84(128)102-60(28-30-76(118)119)80(124)108-68(79(123)98-44-74(94)116)46-137-47-75(117)100-65(35-50-24-26-55(136-7)27-25-50)87(131)109(4)49(3)78(122)106-67(40-73(93)115)90(134)112-34-16-23-70(112)85(129)105-64(38-53-43-95-48-99-53)83(127)103-62(29-31-77(120)121)89(133)113-45-54(114)39-72(113)86(130)104-63(36-51-41-96-58-19-14-12-17-56(51)58)82(126)101-61(32-33-92)81(125)107-66(37-52-42-97-59-20-15-13-18-57(52)59)88(132)111(6)71(22-11-9-2)91(135)110(69)5/h12-15,17-20,24-27,41-43,48-49,54,60-72,96-97,114H,8-11,16,21-23,28-40,44-47,92H2,1-7H3,(H2,93,115)(H2,94,116)(H,95,99)(H,98,123)(H,100,117)(H,101,126)(H,102,128)(H,103,127)(H,104,130)(H,105,129)(H,106,122)(H,107,125)(H,108,124)(H,118,119)(H,120,121)/t49-,54+,60-,61-,62-,63-,64-,65-,66-,67+,68-,69-,70-,71-,72-/m0/s1. The van der Waals surface area contributed by atoms with Crippen molar-refractivity contribution in [1.82, 2.24) is 97.6 Å². The number of para-hydroxylation sites is 2. The Morgan fingerprint density at radius 1 is 0.526 bits per heavy atom. The molecule has 6 heterocycles. The second kappa shape index (κ2) is 51.0. The molecule has 3 aliphatic rings. The van der Waals surface area contributed by atoms with Crippen molar-refractivity contribution >= 4 is 146 Å². The van der Waals surface area contributed by atoms with Crippen LogP contribution in [0.2, 0.25) is 0 Å². The summed E-state index contributed by atoms with van der Waals surface area (Å²) in [5.41, 5.74) is 20.3. The molecule has 0 saturated carbocycles. The third-order valence-electron chi connectivity index (χ3n) is 24.4. The zero-order chi connectivity index (χ0) is 100. The minimum atomic E-state index is -1.85. The number of imidazole rings is 1.